The van der Waals surface area contributed by atoms with Gasteiger partial charge in [0.15, 0.2) is 0 Å². The molecule has 0 aliphatic heterocycles. The van der Waals surface area contributed by atoms with E-state index in [2.05, 4.69) is 47.6 Å². The molecule has 9 atom stereocenters. The molecule has 30 heavy (non-hydrogen) atoms. The molecular weight excluding hydrogens is 364 g/mol. The van der Waals surface area contributed by atoms with Crippen molar-refractivity contribution < 1.29 is 5.11 Å². The lowest BCUT2D eigenvalue weighted by molar-refractivity contribution is -0.0575. The van der Waals surface area contributed by atoms with Gasteiger partial charge in [0.05, 0.1) is 6.10 Å². The van der Waals surface area contributed by atoms with E-state index in [0.717, 1.165) is 54.3 Å². The molecule has 0 radical (unpaired) electrons. The lowest BCUT2D eigenvalue weighted by atomic mass is 9.47. The SMILES string of the molecule is CC[C@H](CC[C@H](C)[C@@H]1CC[C@H]2[C@@H]3CC=C4C[C@@H](O)CC[C@@]4(C)[C@H]3CC[C@@]21C)C(C)C. The Morgan fingerprint density at radius 1 is 1.00 bits per heavy atom. The van der Waals surface area contributed by atoms with Gasteiger partial charge in [-0.05, 0) is 110 Å². The Labute approximate surface area is 187 Å². The maximum Gasteiger partial charge on any atom is 0.0577 e. The van der Waals surface area contributed by atoms with Crippen molar-refractivity contribution in [1.29, 1.82) is 0 Å². The van der Waals surface area contributed by atoms with Crippen molar-refractivity contribution in [1.82, 2.24) is 0 Å². The van der Waals surface area contributed by atoms with Crippen LogP contribution in [0.1, 0.15) is 112 Å². The van der Waals surface area contributed by atoms with Crippen molar-refractivity contribution in [3.8, 4) is 0 Å². The van der Waals surface area contributed by atoms with Gasteiger partial charge in [0.1, 0.15) is 0 Å². The van der Waals surface area contributed by atoms with Crippen LogP contribution in [0, 0.1) is 52.3 Å². The lowest BCUT2D eigenvalue weighted by Gasteiger charge is -2.58. The van der Waals surface area contributed by atoms with Crippen LogP contribution in [0.3, 0.4) is 0 Å². The van der Waals surface area contributed by atoms with Crippen LogP contribution in [0.2, 0.25) is 0 Å². The van der Waals surface area contributed by atoms with Crippen LogP contribution in [0.4, 0.5) is 0 Å². The summed E-state index contributed by atoms with van der Waals surface area (Å²) in [4.78, 5) is 0. The van der Waals surface area contributed by atoms with Crippen LogP contribution in [0.15, 0.2) is 11.6 Å². The van der Waals surface area contributed by atoms with E-state index in [1.54, 1.807) is 5.57 Å². The normalized spacial score (nSPS) is 45.3. The predicted octanol–water partition coefficient (Wildman–Crippen LogP) is 8.02. The largest absolute Gasteiger partial charge is 0.393 e. The van der Waals surface area contributed by atoms with E-state index in [0.29, 0.717) is 10.8 Å². The minimum Gasteiger partial charge on any atom is -0.393 e. The standard InChI is InChI=1S/C29H50O/c1-7-21(19(2)3)9-8-20(4)25-12-13-26-24-11-10-22-18-23(30)14-16-28(22,5)27(24)15-17-29(25,26)6/h10,19-21,23-27,30H,7-9,11-18H2,1-6H3/t20-,21+,23-,24-,25-,26-,27-,28+,29+/m0/s1. The molecular formula is C29H50O. The monoisotopic (exact) mass is 414 g/mol. The summed E-state index contributed by atoms with van der Waals surface area (Å²) < 4.78 is 0. The van der Waals surface area contributed by atoms with Crippen molar-refractivity contribution in [3.05, 3.63) is 11.6 Å². The first kappa shape index (κ1) is 22.9. The van der Waals surface area contributed by atoms with Gasteiger partial charge in [-0.2, -0.15) is 0 Å². The highest BCUT2D eigenvalue weighted by Gasteiger charge is 2.59. The van der Waals surface area contributed by atoms with Crippen molar-refractivity contribution >= 4 is 0 Å². The minimum atomic E-state index is -0.0794. The molecule has 4 rings (SSSR count). The molecule has 172 valence electrons. The second-order valence-electron chi connectivity index (χ2n) is 12.9. The van der Waals surface area contributed by atoms with E-state index in [1.807, 2.05) is 0 Å². The molecule has 3 fully saturated rings. The summed E-state index contributed by atoms with van der Waals surface area (Å²) in [7, 11) is 0. The Hall–Kier alpha value is -0.300. The van der Waals surface area contributed by atoms with Crippen LogP contribution >= 0.6 is 0 Å². The zero-order chi connectivity index (χ0) is 21.7. The zero-order valence-corrected chi connectivity index (χ0v) is 20.9. The van der Waals surface area contributed by atoms with E-state index in [4.69, 9.17) is 0 Å². The molecule has 1 nitrogen and oxygen atoms in total. The van der Waals surface area contributed by atoms with Crippen LogP contribution in [0.5, 0.6) is 0 Å². The molecule has 0 aromatic rings. The van der Waals surface area contributed by atoms with Crippen LogP contribution in [-0.4, -0.2) is 11.2 Å². The number of aliphatic hydroxyl groups excluding tert-OH is 1. The Morgan fingerprint density at radius 3 is 2.47 bits per heavy atom. The number of aliphatic hydroxyl groups is 1. The van der Waals surface area contributed by atoms with E-state index in [9.17, 15) is 5.11 Å². The molecule has 0 unspecified atom stereocenters. The number of hydrogen-bond acceptors (Lipinski definition) is 1. The zero-order valence-electron chi connectivity index (χ0n) is 20.9. The summed E-state index contributed by atoms with van der Waals surface area (Å²) in [5, 5.41) is 10.2. The molecule has 0 saturated heterocycles. The second kappa shape index (κ2) is 8.57. The fourth-order valence-electron chi connectivity index (χ4n) is 9.30. The molecule has 3 saturated carbocycles. The fraction of sp³-hybridized carbons (Fsp3) is 0.931. The predicted molar refractivity (Wildman–Crippen MR) is 128 cm³/mol. The van der Waals surface area contributed by atoms with E-state index in [-0.39, 0.29) is 6.10 Å². The average molecular weight is 415 g/mol. The van der Waals surface area contributed by atoms with E-state index >= 15 is 0 Å². The highest BCUT2D eigenvalue weighted by molar-refractivity contribution is 5.25. The summed E-state index contributed by atoms with van der Waals surface area (Å²) in [5.41, 5.74) is 2.59. The molecule has 1 heteroatoms. The fourth-order valence-corrected chi connectivity index (χ4v) is 9.30. The summed E-state index contributed by atoms with van der Waals surface area (Å²) in [5.74, 6) is 6.31. The molecule has 0 amide bonds. The first-order valence-electron chi connectivity index (χ1n) is 13.6. The first-order valence-corrected chi connectivity index (χ1v) is 13.6. The Kier molecular flexibility index (Phi) is 6.53. The van der Waals surface area contributed by atoms with E-state index < -0.39 is 0 Å². The van der Waals surface area contributed by atoms with Gasteiger partial charge in [-0.15, -0.1) is 0 Å². The van der Waals surface area contributed by atoms with Crippen molar-refractivity contribution in [3.63, 3.8) is 0 Å². The van der Waals surface area contributed by atoms with Gasteiger partial charge in [-0.25, -0.2) is 0 Å². The van der Waals surface area contributed by atoms with Crippen LogP contribution < -0.4 is 0 Å². The van der Waals surface area contributed by atoms with Crippen molar-refractivity contribution in [2.24, 2.45) is 52.3 Å². The average Bonchev–Trinajstić information content (AvgIpc) is 3.06. The number of allylic oxidation sites excluding steroid dienone is 1. The molecule has 0 aromatic heterocycles. The summed E-state index contributed by atoms with van der Waals surface area (Å²) in [6, 6.07) is 0. The highest BCUT2D eigenvalue weighted by Crippen LogP contribution is 2.67. The van der Waals surface area contributed by atoms with Crippen molar-refractivity contribution in [2.75, 3.05) is 0 Å². The topological polar surface area (TPSA) is 20.2 Å². The second-order valence-corrected chi connectivity index (χ2v) is 12.9. The Morgan fingerprint density at radius 2 is 1.77 bits per heavy atom. The lowest BCUT2D eigenvalue weighted by Crippen LogP contribution is -2.50. The molecule has 0 heterocycles. The highest BCUT2D eigenvalue weighted by atomic mass is 16.3. The maximum atomic E-state index is 10.2. The molecule has 1 N–H and O–H groups in total. The van der Waals surface area contributed by atoms with Gasteiger partial charge in [0.2, 0.25) is 0 Å². The summed E-state index contributed by atoms with van der Waals surface area (Å²) in [6.07, 6.45) is 17.1. The van der Waals surface area contributed by atoms with Gasteiger partial charge >= 0.3 is 0 Å². The van der Waals surface area contributed by atoms with Gasteiger partial charge in [-0.3, -0.25) is 0 Å². The minimum absolute atomic E-state index is 0.0794. The third-order valence-electron chi connectivity index (χ3n) is 11.3. The number of hydrogen-bond donors (Lipinski definition) is 1. The van der Waals surface area contributed by atoms with Crippen LogP contribution in [0.25, 0.3) is 0 Å². The van der Waals surface area contributed by atoms with Gasteiger partial charge in [0.25, 0.3) is 0 Å². The van der Waals surface area contributed by atoms with Crippen LogP contribution in [-0.2, 0) is 0 Å². The number of fused-ring (bicyclic) bond motifs is 5. The van der Waals surface area contributed by atoms with Gasteiger partial charge in [-0.1, -0.05) is 66.0 Å². The third-order valence-corrected chi connectivity index (χ3v) is 11.3. The molecule has 0 bridgehead atoms. The summed E-state index contributed by atoms with van der Waals surface area (Å²) >= 11 is 0. The third kappa shape index (κ3) is 3.74. The van der Waals surface area contributed by atoms with E-state index in [1.165, 1.54) is 57.8 Å². The number of rotatable bonds is 6. The smallest absolute Gasteiger partial charge is 0.0577 e. The quantitative estimate of drug-likeness (QED) is 0.436. The molecule has 4 aliphatic carbocycles. The molecule has 0 aromatic carbocycles. The molecule has 0 spiro atoms. The Balaban J connectivity index is 1.47. The summed E-state index contributed by atoms with van der Waals surface area (Å²) in [6.45, 7) is 15.1. The van der Waals surface area contributed by atoms with Crippen molar-refractivity contribution in [2.45, 2.75) is 118 Å². The Bertz CT molecular complexity index is 634. The van der Waals surface area contributed by atoms with Gasteiger partial charge in [0, 0.05) is 0 Å². The first-order chi connectivity index (χ1) is 14.2. The van der Waals surface area contributed by atoms with Gasteiger partial charge < -0.3 is 5.11 Å². The maximum absolute atomic E-state index is 10.2. The molecule has 4 aliphatic rings.